The van der Waals surface area contributed by atoms with Gasteiger partial charge in [-0.15, -0.1) is 0 Å². The molecule has 30 heteroatoms. The van der Waals surface area contributed by atoms with Crippen molar-refractivity contribution in [3.05, 3.63) is 0 Å². The van der Waals surface area contributed by atoms with Gasteiger partial charge in [0.2, 0.25) is 53.2 Å². The van der Waals surface area contributed by atoms with Crippen LogP contribution < -0.4 is 65.5 Å². The zero-order chi connectivity index (χ0) is 50.3. The summed E-state index contributed by atoms with van der Waals surface area (Å²) in [7, 11) is 1.87. The van der Waals surface area contributed by atoms with Gasteiger partial charge >= 0.3 is 11.9 Å². The fourth-order valence-corrected chi connectivity index (χ4v) is 7.94. The zero-order valence-corrected chi connectivity index (χ0v) is 38.0. The van der Waals surface area contributed by atoms with Crippen LogP contribution >= 0.6 is 21.6 Å². The minimum atomic E-state index is -1.98. The lowest BCUT2D eigenvalue weighted by Crippen LogP contribution is -2.62. The van der Waals surface area contributed by atoms with Gasteiger partial charge in [0.15, 0.2) is 5.96 Å². The molecular weight excluding hydrogens is 919 g/mol. The monoisotopic (exact) mass is 979 g/mol. The Labute approximate surface area is 386 Å². The lowest BCUT2D eigenvalue weighted by molar-refractivity contribution is -0.142. The van der Waals surface area contributed by atoms with Gasteiger partial charge in [-0.25, -0.2) is 0 Å². The molecule has 28 nitrogen and oxygen atoms in total. The summed E-state index contributed by atoms with van der Waals surface area (Å²) in [5.41, 5.74) is 22.1. The highest BCUT2D eigenvalue weighted by Gasteiger charge is 2.36. The van der Waals surface area contributed by atoms with Crippen LogP contribution in [0.3, 0.4) is 0 Å². The molecule has 372 valence electrons. The molecule has 1 aliphatic heterocycles. The van der Waals surface area contributed by atoms with Gasteiger partial charge in [-0.1, -0.05) is 35.4 Å². The van der Waals surface area contributed by atoms with Gasteiger partial charge in [-0.05, 0) is 38.5 Å². The van der Waals surface area contributed by atoms with Crippen LogP contribution in [0.15, 0.2) is 4.99 Å². The molecule has 1 aliphatic rings. The molecule has 0 spiro atoms. The summed E-state index contributed by atoms with van der Waals surface area (Å²) in [6.45, 7) is 2.57. The van der Waals surface area contributed by atoms with E-state index in [0.717, 1.165) is 28.5 Å². The maximum atomic E-state index is 13.9. The van der Waals surface area contributed by atoms with Crippen LogP contribution in [0.2, 0.25) is 0 Å². The van der Waals surface area contributed by atoms with E-state index in [0.29, 0.717) is 0 Å². The van der Waals surface area contributed by atoms with Crippen molar-refractivity contribution in [3.63, 3.8) is 0 Å². The number of aliphatic imine (C=N–C) groups is 1. The standard InChI is InChI=1S/C36H61N13O15S2/c1-15(2)9-20-32(61)48-23(30(59)42-11-24(52)43-18(28(38)57)6-7-25(53)54)14-66-65-13-17(37)29(58)44-19(5-4-8-41-36(39)40)31(60)47-22(12-50)34(63)45-21(10-26(55)56)33(62)49-27(16(3)51)35(64)46-20/h15-23,27,50-51H,4-14,37H2,1-3H3,(H2,38,57)(H,42,59)(H,43,52)(H,44,58)(H,45,63)(H,46,64)(H,47,60)(H,48,61)(H,49,62)(H,53,54)(H,55,56)(H4,39,40,41)/t16-,17+,18+,19+,20+,21+,22-,23+,27-/m1/s1. The third-order valence-electron chi connectivity index (χ3n) is 9.09. The average Bonchev–Trinajstić information content (AvgIpc) is 3.22. The van der Waals surface area contributed by atoms with E-state index in [1.165, 1.54) is 0 Å². The van der Waals surface area contributed by atoms with Gasteiger partial charge in [-0.3, -0.25) is 57.7 Å². The lowest BCUT2D eigenvalue weighted by atomic mass is 10.0. The van der Waals surface area contributed by atoms with E-state index in [4.69, 9.17) is 28.0 Å². The molecule has 0 aliphatic carbocycles. The van der Waals surface area contributed by atoms with Crippen molar-refractivity contribution in [2.24, 2.45) is 33.8 Å². The Morgan fingerprint density at radius 2 is 1.32 bits per heavy atom. The van der Waals surface area contributed by atoms with Gasteiger partial charge in [-0.2, -0.15) is 0 Å². The van der Waals surface area contributed by atoms with E-state index in [9.17, 15) is 68.1 Å². The SMILES string of the molecule is CC(C)C[C@@H]1NC(=O)[C@@H]([C@@H](C)O)NC(=O)[C@H](CC(=O)O)NC(=O)[C@@H](CO)NC(=O)[C@H](CCCN=C(N)N)NC(=O)[C@@H](N)CSSC[C@@H](C(=O)NCC(=O)N[C@@H](CCC(=O)O)C(N)=O)NC1=O. The van der Waals surface area contributed by atoms with Crippen LogP contribution in [0.25, 0.3) is 0 Å². The zero-order valence-electron chi connectivity index (χ0n) is 36.4. The van der Waals surface area contributed by atoms with Crippen molar-refractivity contribution >= 4 is 92.7 Å². The first-order valence-corrected chi connectivity index (χ1v) is 22.8. The third-order valence-corrected chi connectivity index (χ3v) is 11.5. The summed E-state index contributed by atoms with van der Waals surface area (Å²) in [5, 5.41) is 57.4. The van der Waals surface area contributed by atoms with Crippen LogP contribution in [0.4, 0.5) is 0 Å². The normalized spacial score (nSPS) is 24.1. The summed E-state index contributed by atoms with van der Waals surface area (Å²) in [6, 6.07) is -12.8. The van der Waals surface area contributed by atoms with Crippen LogP contribution in [0, 0.1) is 5.92 Å². The largest absolute Gasteiger partial charge is 0.481 e. The molecule has 1 saturated heterocycles. The maximum absolute atomic E-state index is 13.9. The van der Waals surface area contributed by atoms with Gasteiger partial charge in [0.1, 0.15) is 42.3 Å². The number of rotatable bonds is 18. The van der Waals surface area contributed by atoms with Crippen molar-refractivity contribution in [1.29, 1.82) is 0 Å². The molecule has 9 amide bonds. The molecule has 66 heavy (non-hydrogen) atoms. The van der Waals surface area contributed by atoms with E-state index in [2.05, 4.69) is 47.5 Å². The minimum Gasteiger partial charge on any atom is -0.481 e. The number of nitrogens with zero attached hydrogens (tertiary/aromatic N) is 1. The molecule has 20 N–H and O–H groups in total. The number of aliphatic carboxylic acids is 2. The number of nitrogens with one attached hydrogen (secondary N) is 8. The summed E-state index contributed by atoms with van der Waals surface area (Å²) >= 11 is 0. The predicted molar refractivity (Wildman–Crippen MR) is 236 cm³/mol. The molecule has 0 saturated carbocycles. The fourth-order valence-electron chi connectivity index (χ4n) is 5.66. The molecule has 0 bridgehead atoms. The Bertz CT molecular complexity index is 1790. The second kappa shape index (κ2) is 29.5. The van der Waals surface area contributed by atoms with Crippen LogP contribution in [0.1, 0.15) is 59.3 Å². The number of carbonyl (C=O) groups is 11. The number of carbonyl (C=O) groups excluding carboxylic acids is 9. The molecule has 1 rings (SSSR count). The van der Waals surface area contributed by atoms with Gasteiger partial charge in [0.25, 0.3) is 0 Å². The van der Waals surface area contributed by atoms with Crippen LogP contribution in [0.5, 0.6) is 0 Å². The van der Waals surface area contributed by atoms with Crippen LogP contribution in [-0.2, 0) is 52.7 Å². The topological polar surface area (TPSA) is 481 Å². The molecule has 0 aromatic rings. The number of amides is 9. The number of primary amides is 1. The molecule has 1 fully saturated rings. The Morgan fingerprint density at radius 1 is 0.758 bits per heavy atom. The molecule has 0 aromatic carbocycles. The Hall–Kier alpha value is -5.98. The Morgan fingerprint density at radius 3 is 1.88 bits per heavy atom. The first kappa shape index (κ1) is 58.0. The maximum Gasteiger partial charge on any atom is 0.305 e. The second-order valence-electron chi connectivity index (χ2n) is 15.2. The number of nitrogens with two attached hydrogens (primary N) is 4. The highest BCUT2D eigenvalue weighted by Crippen LogP contribution is 2.23. The minimum absolute atomic E-state index is 0.00322. The highest BCUT2D eigenvalue weighted by atomic mass is 33.1. The van der Waals surface area contributed by atoms with Gasteiger partial charge in [0, 0.05) is 24.5 Å². The Balaban J connectivity index is 3.67. The van der Waals surface area contributed by atoms with E-state index >= 15 is 0 Å². The average molecular weight is 980 g/mol. The quantitative estimate of drug-likeness (QED) is 0.0262. The summed E-state index contributed by atoms with van der Waals surface area (Å²) in [5.74, 6) is -13.5. The fraction of sp³-hybridized carbons (Fsp3) is 0.667. The first-order valence-electron chi connectivity index (χ1n) is 20.3. The number of aliphatic hydroxyl groups excluding tert-OH is 2. The molecule has 0 unspecified atom stereocenters. The van der Waals surface area contributed by atoms with Crippen molar-refractivity contribution in [2.75, 3.05) is 31.2 Å². The number of hydrogen-bond donors (Lipinski definition) is 16. The third kappa shape index (κ3) is 22.3. The van der Waals surface area contributed by atoms with Crippen molar-refractivity contribution in [2.45, 2.75) is 114 Å². The van der Waals surface area contributed by atoms with E-state index in [1.54, 1.807) is 13.8 Å². The molecular formula is C36H61N13O15S2. The van der Waals surface area contributed by atoms with E-state index < -0.39 is 146 Å². The summed E-state index contributed by atoms with van der Waals surface area (Å²) < 4.78 is 0. The number of aliphatic hydroxyl groups is 2. The number of hydrogen-bond acceptors (Lipinski definition) is 17. The summed E-state index contributed by atoms with van der Waals surface area (Å²) in [4.78, 5) is 146. The van der Waals surface area contributed by atoms with E-state index in [-0.39, 0.29) is 55.6 Å². The lowest BCUT2D eigenvalue weighted by Gasteiger charge is -2.28. The first-order chi connectivity index (χ1) is 30.9. The molecule has 0 radical (unpaired) electrons. The van der Waals surface area contributed by atoms with Crippen molar-refractivity contribution < 1.29 is 73.2 Å². The Kier molecular flexibility index (Phi) is 26.0. The van der Waals surface area contributed by atoms with Crippen molar-refractivity contribution in [1.82, 2.24) is 42.5 Å². The second-order valence-corrected chi connectivity index (χ2v) is 17.8. The van der Waals surface area contributed by atoms with Gasteiger partial charge < -0.3 is 85.9 Å². The number of carboxylic acid groups (broad SMARTS) is 2. The van der Waals surface area contributed by atoms with E-state index in [1.807, 2.05) is 0 Å². The number of guanidine groups is 1. The highest BCUT2D eigenvalue weighted by molar-refractivity contribution is 8.76. The molecule has 9 atom stereocenters. The van der Waals surface area contributed by atoms with Crippen LogP contribution in [-0.4, -0.2) is 177 Å². The predicted octanol–water partition coefficient (Wildman–Crippen LogP) is -7.48. The molecule has 1 heterocycles. The summed E-state index contributed by atoms with van der Waals surface area (Å²) in [6.07, 6.45) is -3.82. The number of carboxylic acids is 2. The van der Waals surface area contributed by atoms with Crippen molar-refractivity contribution in [3.8, 4) is 0 Å². The smallest absolute Gasteiger partial charge is 0.305 e. The molecule has 0 aromatic heterocycles. The van der Waals surface area contributed by atoms with Gasteiger partial charge in [0.05, 0.1) is 31.7 Å².